The lowest BCUT2D eigenvalue weighted by molar-refractivity contribution is -0.122. The van der Waals surface area contributed by atoms with E-state index >= 15 is 0 Å². The monoisotopic (exact) mass is 416 g/mol. The minimum Gasteiger partial charge on any atom is -0.354 e. The number of anilines is 1. The van der Waals surface area contributed by atoms with Gasteiger partial charge in [-0.15, -0.1) is 0 Å². The lowest BCUT2D eigenvalue weighted by atomic mass is 10.1. The second kappa shape index (κ2) is 9.92. The highest BCUT2D eigenvalue weighted by Crippen LogP contribution is 2.25. The number of benzene rings is 2. The summed E-state index contributed by atoms with van der Waals surface area (Å²) in [6.07, 6.45) is 3.21. The molecule has 2 rings (SSSR count). The second-order valence-electron chi connectivity index (χ2n) is 7.71. The molecule has 2 aromatic rings. The molecule has 0 aliphatic rings. The van der Waals surface area contributed by atoms with Crippen molar-refractivity contribution in [2.75, 3.05) is 17.1 Å². The lowest BCUT2D eigenvalue weighted by Crippen LogP contribution is -2.49. The molecule has 1 N–H and O–H groups in total. The second-order valence-corrected chi connectivity index (χ2v) is 9.57. The molecular formula is C23H32N2O3S. The Morgan fingerprint density at radius 3 is 2.24 bits per heavy atom. The fourth-order valence-corrected chi connectivity index (χ4v) is 4.82. The molecule has 6 heteroatoms. The average molecular weight is 417 g/mol. The first kappa shape index (κ1) is 22.9. The van der Waals surface area contributed by atoms with E-state index < -0.39 is 16.1 Å². The first-order valence-corrected chi connectivity index (χ1v) is 11.9. The van der Waals surface area contributed by atoms with Crippen molar-refractivity contribution in [3.05, 3.63) is 64.7 Å². The predicted octanol–water partition coefficient (Wildman–Crippen LogP) is 3.91. The average Bonchev–Trinajstić information content (AvgIpc) is 2.61. The van der Waals surface area contributed by atoms with Crippen LogP contribution in [-0.2, 0) is 21.2 Å². The van der Waals surface area contributed by atoms with Gasteiger partial charge in [-0.05, 0) is 68.9 Å². The van der Waals surface area contributed by atoms with Crippen LogP contribution < -0.4 is 9.62 Å². The molecule has 0 spiro atoms. The Labute approximate surface area is 175 Å². The van der Waals surface area contributed by atoms with Gasteiger partial charge in [0, 0.05) is 6.54 Å². The van der Waals surface area contributed by atoms with E-state index in [0.717, 1.165) is 30.2 Å². The van der Waals surface area contributed by atoms with Crippen LogP contribution in [0.2, 0.25) is 0 Å². The summed E-state index contributed by atoms with van der Waals surface area (Å²) < 4.78 is 26.4. The highest BCUT2D eigenvalue weighted by atomic mass is 32.2. The summed E-state index contributed by atoms with van der Waals surface area (Å²) in [5.74, 6) is -0.263. The minimum absolute atomic E-state index is 0.263. The molecule has 1 atom stereocenters. The summed E-state index contributed by atoms with van der Waals surface area (Å²) >= 11 is 0. The molecule has 0 aliphatic heterocycles. The molecule has 0 aromatic heterocycles. The number of aryl methyl sites for hydroxylation is 4. The molecule has 0 bridgehead atoms. The zero-order valence-corrected chi connectivity index (χ0v) is 18.8. The molecule has 0 fully saturated rings. The van der Waals surface area contributed by atoms with Crippen LogP contribution in [-0.4, -0.2) is 33.2 Å². The van der Waals surface area contributed by atoms with Crippen LogP contribution >= 0.6 is 0 Å². The number of hydrogen-bond acceptors (Lipinski definition) is 3. The van der Waals surface area contributed by atoms with Gasteiger partial charge in [0.1, 0.15) is 6.04 Å². The number of carbonyl (C=O) groups is 1. The van der Waals surface area contributed by atoms with Gasteiger partial charge in [-0.3, -0.25) is 9.10 Å². The van der Waals surface area contributed by atoms with E-state index in [1.54, 1.807) is 0 Å². The zero-order chi connectivity index (χ0) is 21.6. The van der Waals surface area contributed by atoms with Crippen molar-refractivity contribution < 1.29 is 13.2 Å². The largest absolute Gasteiger partial charge is 0.354 e. The van der Waals surface area contributed by atoms with Crippen molar-refractivity contribution in [2.45, 2.75) is 53.0 Å². The van der Waals surface area contributed by atoms with Crippen LogP contribution in [0.4, 0.5) is 5.69 Å². The number of hydrogen-bond donors (Lipinski definition) is 1. The fourth-order valence-electron chi connectivity index (χ4n) is 3.63. The molecule has 29 heavy (non-hydrogen) atoms. The van der Waals surface area contributed by atoms with Gasteiger partial charge in [-0.2, -0.15) is 0 Å². The molecule has 2 aromatic carbocycles. The topological polar surface area (TPSA) is 66.5 Å². The van der Waals surface area contributed by atoms with Crippen molar-refractivity contribution in [3.8, 4) is 0 Å². The minimum atomic E-state index is -3.61. The Hall–Kier alpha value is -2.34. The molecule has 0 saturated heterocycles. The SMILES string of the molecule is CCC(C(=O)NCCCc1cccc(C)c1)N(c1cc(C)cc(C)c1)S(C)(=O)=O. The van der Waals surface area contributed by atoms with E-state index in [9.17, 15) is 13.2 Å². The Bertz CT molecular complexity index is 934. The number of nitrogens with one attached hydrogen (secondary N) is 1. The normalized spacial score (nSPS) is 12.4. The third-order valence-corrected chi connectivity index (χ3v) is 5.99. The van der Waals surface area contributed by atoms with E-state index in [1.807, 2.05) is 45.0 Å². The Kier molecular flexibility index (Phi) is 7.85. The highest BCUT2D eigenvalue weighted by Gasteiger charge is 2.31. The molecule has 1 unspecified atom stereocenters. The van der Waals surface area contributed by atoms with Crippen molar-refractivity contribution in [3.63, 3.8) is 0 Å². The third-order valence-electron chi connectivity index (χ3n) is 4.81. The Morgan fingerprint density at radius 1 is 1.03 bits per heavy atom. The first-order valence-electron chi connectivity index (χ1n) is 10.0. The molecule has 1 amide bonds. The van der Waals surface area contributed by atoms with Crippen molar-refractivity contribution in [1.82, 2.24) is 5.32 Å². The van der Waals surface area contributed by atoms with Crippen LogP contribution in [0.5, 0.6) is 0 Å². The number of nitrogens with zero attached hydrogens (tertiary/aromatic N) is 1. The van der Waals surface area contributed by atoms with E-state index in [2.05, 4.69) is 30.4 Å². The summed E-state index contributed by atoms with van der Waals surface area (Å²) in [6.45, 7) is 8.24. The number of amides is 1. The maximum Gasteiger partial charge on any atom is 0.243 e. The molecule has 0 aliphatic carbocycles. The fraction of sp³-hybridized carbons (Fsp3) is 0.435. The summed E-state index contributed by atoms with van der Waals surface area (Å²) in [4.78, 5) is 12.9. The predicted molar refractivity (Wildman–Crippen MR) is 120 cm³/mol. The quantitative estimate of drug-likeness (QED) is 0.631. The molecule has 0 heterocycles. The molecule has 5 nitrogen and oxygen atoms in total. The van der Waals surface area contributed by atoms with Crippen molar-refractivity contribution in [1.29, 1.82) is 0 Å². The standard InChI is InChI=1S/C23H32N2O3S/c1-6-22(23(26)24-12-8-11-20-10-7-9-17(2)14-20)25(29(5,27)28)21-15-18(3)13-19(4)16-21/h7,9-10,13-16,22H,6,8,11-12H2,1-5H3,(H,24,26). The van der Waals surface area contributed by atoms with Gasteiger partial charge in [-0.25, -0.2) is 8.42 Å². The van der Waals surface area contributed by atoms with Crippen LogP contribution in [0.3, 0.4) is 0 Å². The molecule has 0 saturated carbocycles. The number of sulfonamides is 1. The number of carbonyl (C=O) groups excluding carboxylic acids is 1. The van der Waals surface area contributed by atoms with Crippen LogP contribution in [0.1, 0.15) is 42.0 Å². The number of rotatable bonds is 9. The summed E-state index contributed by atoms with van der Waals surface area (Å²) in [5.41, 5.74) is 4.91. The highest BCUT2D eigenvalue weighted by molar-refractivity contribution is 7.92. The summed E-state index contributed by atoms with van der Waals surface area (Å²) in [5, 5.41) is 2.93. The van der Waals surface area contributed by atoms with E-state index in [-0.39, 0.29) is 5.91 Å². The summed E-state index contributed by atoms with van der Waals surface area (Å²) in [6, 6.07) is 13.1. The van der Waals surface area contributed by atoms with Crippen LogP contribution in [0, 0.1) is 20.8 Å². The van der Waals surface area contributed by atoms with Gasteiger partial charge in [0.05, 0.1) is 11.9 Å². The van der Waals surface area contributed by atoms with E-state index in [1.165, 1.54) is 15.4 Å². The van der Waals surface area contributed by atoms with E-state index in [4.69, 9.17) is 0 Å². The lowest BCUT2D eigenvalue weighted by Gasteiger charge is -2.30. The van der Waals surface area contributed by atoms with E-state index in [0.29, 0.717) is 18.7 Å². The maximum atomic E-state index is 12.9. The first-order chi connectivity index (χ1) is 13.6. The third kappa shape index (κ3) is 6.60. The van der Waals surface area contributed by atoms with Gasteiger partial charge < -0.3 is 5.32 Å². The maximum absolute atomic E-state index is 12.9. The van der Waals surface area contributed by atoms with Gasteiger partial charge in [0.15, 0.2) is 0 Å². The Balaban J connectivity index is 2.10. The van der Waals surface area contributed by atoms with Gasteiger partial charge >= 0.3 is 0 Å². The Morgan fingerprint density at radius 2 is 1.69 bits per heavy atom. The molecule has 158 valence electrons. The molecular weight excluding hydrogens is 384 g/mol. The zero-order valence-electron chi connectivity index (χ0n) is 18.0. The van der Waals surface area contributed by atoms with Crippen molar-refractivity contribution >= 4 is 21.6 Å². The van der Waals surface area contributed by atoms with Gasteiger partial charge in [0.25, 0.3) is 0 Å². The van der Waals surface area contributed by atoms with Crippen LogP contribution in [0.15, 0.2) is 42.5 Å². The van der Waals surface area contributed by atoms with Gasteiger partial charge in [-0.1, -0.05) is 42.8 Å². The van der Waals surface area contributed by atoms with Crippen molar-refractivity contribution in [2.24, 2.45) is 0 Å². The summed E-state index contributed by atoms with van der Waals surface area (Å²) in [7, 11) is -3.61. The smallest absolute Gasteiger partial charge is 0.243 e. The van der Waals surface area contributed by atoms with Crippen LogP contribution in [0.25, 0.3) is 0 Å². The van der Waals surface area contributed by atoms with Gasteiger partial charge in [0.2, 0.25) is 15.9 Å². The molecule has 0 radical (unpaired) electrons.